The molecule has 1 aromatic heterocycles. The molecule has 1 aromatic carbocycles. The molecular weight excluding hydrogens is 340 g/mol. The lowest BCUT2D eigenvalue weighted by atomic mass is 9.97. The van der Waals surface area contributed by atoms with Gasteiger partial charge in [-0.2, -0.15) is 0 Å². The number of hydrogen-bond acceptors (Lipinski definition) is 4. The van der Waals surface area contributed by atoms with E-state index < -0.39 is 0 Å². The minimum atomic E-state index is -0.228. The molecule has 1 aliphatic rings. The molecule has 0 radical (unpaired) electrons. The highest BCUT2D eigenvalue weighted by Gasteiger charge is 2.24. The first-order valence-electron chi connectivity index (χ1n) is 9.54. The number of nitrogens with zero attached hydrogens (tertiary/aromatic N) is 2. The van der Waals surface area contributed by atoms with Crippen molar-refractivity contribution in [3.8, 4) is 0 Å². The molecule has 1 fully saturated rings. The number of primary amides is 1. The first-order chi connectivity index (χ1) is 12.9. The lowest BCUT2D eigenvalue weighted by Crippen LogP contribution is -2.44. The lowest BCUT2D eigenvalue weighted by Gasteiger charge is -2.31. The zero-order valence-electron chi connectivity index (χ0n) is 16.3. The molecule has 1 aliphatic heterocycles. The summed E-state index contributed by atoms with van der Waals surface area (Å²) in [4.78, 5) is 31.1. The van der Waals surface area contributed by atoms with Crippen LogP contribution < -0.4 is 11.1 Å². The summed E-state index contributed by atoms with van der Waals surface area (Å²) in [5.74, 6) is -0.378. The van der Waals surface area contributed by atoms with E-state index in [1.165, 1.54) is 0 Å². The molecule has 3 N–H and O–H groups in total. The number of nitrogens with two attached hydrogens (primary N) is 1. The highest BCUT2D eigenvalue weighted by Crippen LogP contribution is 2.24. The summed E-state index contributed by atoms with van der Waals surface area (Å²) in [5.41, 5.74) is 9.87. The number of carbonyl (C=O) groups is 2. The Balaban J connectivity index is 1.70. The average Bonchev–Trinajstić information content (AvgIpc) is 2.63. The maximum Gasteiger partial charge on any atom is 0.252 e. The summed E-state index contributed by atoms with van der Waals surface area (Å²) in [6.07, 6.45) is 1.83. The van der Waals surface area contributed by atoms with Crippen LogP contribution in [0.25, 0.3) is 10.9 Å². The number of hydrogen-bond donors (Lipinski definition) is 2. The number of likely N-dealkylation sites (tertiary alicyclic amines) is 1. The minimum Gasteiger partial charge on any atom is -0.369 e. The summed E-state index contributed by atoms with van der Waals surface area (Å²) < 4.78 is 0. The standard InChI is InChI=1S/C21H28N4O2/c1-13-6-7-18-17(11-13)19(14(2)15(3)24-18)21(27)23-8-10-25-9-4-5-16(12-25)20(22)26/h6-7,11,16H,4-5,8-10,12H2,1-3H3,(H2,22,26)(H,23,27)/t16-/m1/s1. The molecule has 1 saturated heterocycles. The monoisotopic (exact) mass is 368 g/mol. The van der Waals surface area contributed by atoms with E-state index in [2.05, 4.69) is 15.2 Å². The van der Waals surface area contributed by atoms with Crippen molar-refractivity contribution in [2.24, 2.45) is 11.7 Å². The van der Waals surface area contributed by atoms with Crippen molar-refractivity contribution in [2.45, 2.75) is 33.6 Å². The Labute approximate surface area is 160 Å². The van der Waals surface area contributed by atoms with E-state index in [4.69, 9.17) is 5.73 Å². The topological polar surface area (TPSA) is 88.3 Å². The maximum absolute atomic E-state index is 12.9. The first kappa shape index (κ1) is 19.3. The van der Waals surface area contributed by atoms with E-state index in [-0.39, 0.29) is 17.7 Å². The van der Waals surface area contributed by atoms with Crippen molar-refractivity contribution >= 4 is 22.7 Å². The van der Waals surface area contributed by atoms with E-state index in [0.29, 0.717) is 18.7 Å². The van der Waals surface area contributed by atoms with Crippen LogP contribution in [-0.2, 0) is 4.79 Å². The third-order valence-corrected chi connectivity index (χ3v) is 5.48. The van der Waals surface area contributed by atoms with Crippen LogP contribution in [0, 0.1) is 26.7 Å². The van der Waals surface area contributed by atoms with Gasteiger partial charge in [-0.25, -0.2) is 0 Å². The lowest BCUT2D eigenvalue weighted by molar-refractivity contribution is -0.123. The molecule has 1 atom stereocenters. The fraction of sp³-hybridized carbons (Fsp3) is 0.476. The zero-order chi connectivity index (χ0) is 19.6. The normalized spacial score (nSPS) is 17.8. The maximum atomic E-state index is 12.9. The molecule has 0 unspecified atom stereocenters. The second-order valence-corrected chi connectivity index (χ2v) is 7.52. The van der Waals surface area contributed by atoms with Crippen LogP contribution in [0.4, 0.5) is 0 Å². The molecule has 6 heteroatoms. The number of nitrogens with one attached hydrogen (secondary N) is 1. The van der Waals surface area contributed by atoms with E-state index in [0.717, 1.165) is 53.7 Å². The molecule has 6 nitrogen and oxygen atoms in total. The molecule has 0 aliphatic carbocycles. The SMILES string of the molecule is Cc1ccc2nc(C)c(C)c(C(=O)NCCN3CCC[C@@H](C(N)=O)C3)c2c1. The van der Waals surface area contributed by atoms with E-state index >= 15 is 0 Å². The smallest absolute Gasteiger partial charge is 0.252 e. The third-order valence-electron chi connectivity index (χ3n) is 5.48. The molecule has 3 rings (SSSR count). The van der Waals surface area contributed by atoms with Gasteiger partial charge in [0.15, 0.2) is 0 Å². The van der Waals surface area contributed by atoms with Gasteiger partial charge in [0.2, 0.25) is 5.91 Å². The largest absolute Gasteiger partial charge is 0.369 e. The van der Waals surface area contributed by atoms with Crippen molar-refractivity contribution in [3.63, 3.8) is 0 Å². The number of pyridine rings is 1. The summed E-state index contributed by atoms with van der Waals surface area (Å²) in [7, 11) is 0. The number of piperidine rings is 1. The molecule has 2 aromatic rings. The first-order valence-corrected chi connectivity index (χ1v) is 9.54. The molecular formula is C21H28N4O2. The number of amides is 2. The molecule has 0 bridgehead atoms. The third kappa shape index (κ3) is 4.27. The average molecular weight is 368 g/mol. The highest BCUT2D eigenvalue weighted by molar-refractivity contribution is 6.07. The number of fused-ring (bicyclic) bond motifs is 1. The Hall–Kier alpha value is -2.47. The van der Waals surface area contributed by atoms with Gasteiger partial charge in [-0.1, -0.05) is 11.6 Å². The van der Waals surface area contributed by atoms with Gasteiger partial charge in [0, 0.05) is 30.7 Å². The Kier molecular flexibility index (Phi) is 5.75. The van der Waals surface area contributed by atoms with Gasteiger partial charge in [0.1, 0.15) is 0 Å². The van der Waals surface area contributed by atoms with Gasteiger partial charge < -0.3 is 16.0 Å². The van der Waals surface area contributed by atoms with E-state index in [9.17, 15) is 9.59 Å². The van der Waals surface area contributed by atoms with Crippen LogP contribution in [0.5, 0.6) is 0 Å². The van der Waals surface area contributed by atoms with Crippen LogP contribution in [0.3, 0.4) is 0 Å². The highest BCUT2D eigenvalue weighted by atomic mass is 16.2. The van der Waals surface area contributed by atoms with E-state index in [1.807, 2.05) is 39.0 Å². The second kappa shape index (κ2) is 8.05. The Morgan fingerprint density at radius 2 is 2.07 bits per heavy atom. The Bertz CT molecular complexity index is 878. The van der Waals surface area contributed by atoms with Crippen molar-refractivity contribution in [1.82, 2.24) is 15.2 Å². The van der Waals surface area contributed by atoms with Gasteiger partial charge in [-0.3, -0.25) is 14.6 Å². The van der Waals surface area contributed by atoms with Crippen LogP contribution >= 0.6 is 0 Å². The molecule has 2 amide bonds. The van der Waals surface area contributed by atoms with Crippen molar-refractivity contribution in [1.29, 1.82) is 0 Å². The summed E-state index contributed by atoms with van der Waals surface area (Å²) in [6, 6.07) is 5.99. The number of carbonyl (C=O) groups excluding carboxylic acids is 2. The molecule has 0 spiro atoms. The quantitative estimate of drug-likeness (QED) is 0.846. The number of rotatable bonds is 5. The molecule has 2 heterocycles. The summed E-state index contributed by atoms with van der Waals surface area (Å²) in [6.45, 7) is 8.77. The van der Waals surface area contributed by atoms with Crippen LogP contribution in [-0.4, -0.2) is 47.9 Å². The van der Waals surface area contributed by atoms with Crippen LogP contribution in [0.2, 0.25) is 0 Å². The molecule has 0 saturated carbocycles. The summed E-state index contributed by atoms with van der Waals surface area (Å²) in [5, 5.41) is 3.94. The predicted octanol–water partition coefficient (Wildman–Crippen LogP) is 2.09. The number of aryl methyl sites for hydroxylation is 2. The van der Waals surface area contributed by atoms with Crippen LogP contribution in [0.15, 0.2) is 18.2 Å². The van der Waals surface area contributed by atoms with Gasteiger partial charge >= 0.3 is 0 Å². The van der Waals surface area contributed by atoms with Crippen LogP contribution in [0.1, 0.15) is 40.0 Å². The van der Waals surface area contributed by atoms with Gasteiger partial charge in [0.25, 0.3) is 5.91 Å². The number of benzene rings is 1. The number of aromatic nitrogens is 1. The predicted molar refractivity (Wildman–Crippen MR) is 107 cm³/mol. The zero-order valence-corrected chi connectivity index (χ0v) is 16.3. The fourth-order valence-corrected chi connectivity index (χ4v) is 3.79. The Morgan fingerprint density at radius 1 is 1.30 bits per heavy atom. The fourth-order valence-electron chi connectivity index (χ4n) is 3.79. The minimum absolute atomic E-state index is 0.0722. The Morgan fingerprint density at radius 3 is 2.81 bits per heavy atom. The summed E-state index contributed by atoms with van der Waals surface area (Å²) >= 11 is 0. The van der Waals surface area contributed by atoms with Crippen molar-refractivity contribution in [2.75, 3.05) is 26.2 Å². The van der Waals surface area contributed by atoms with Gasteiger partial charge in [-0.15, -0.1) is 0 Å². The van der Waals surface area contributed by atoms with Gasteiger partial charge in [-0.05, 0) is 57.9 Å². The molecule has 27 heavy (non-hydrogen) atoms. The van der Waals surface area contributed by atoms with Gasteiger partial charge in [0.05, 0.1) is 17.0 Å². The van der Waals surface area contributed by atoms with Crippen molar-refractivity contribution in [3.05, 3.63) is 40.6 Å². The van der Waals surface area contributed by atoms with E-state index in [1.54, 1.807) is 0 Å². The van der Waals surface area contributed by atoms with Crippen molar-refractivity contribution < 1.29 is 9.59 Å². The second-order valence-electron chi connectivity index (χ2n) is 7.52. The molecule has 144 valence electrons.